The van der Waals surface area contributed by atoms with Crippen LogP contribution in [-0.2, 0) is 27.7 Å². The smallest absolute Gasteiger partial charge is 0.257 e. The summed E-state index contributed by atoms with van der Waals surface area (Å²) >= 11 is 1.47. The molecular weight excluding hydrogens is 424 g/mol. The third kappa shape index (κ3) is 4.42. The van der Waals surface area contributed by atoms with Crippen molar-refractivity contribution in [3.05, 3.63) is 40.4 Å². The molecule has 2 aliphatic rings. The van der Waals surface area contributed by atoms with Crippen LogP contribution in [0, 0.1) is 0 Å². The molecule has 3 heterocycles. The normalized spacial score (nSPS) is 23.2. The van der Waals surface area contributed by atoms with Gasteiger partial charge in [-0.15, -0.1) is 11.3 Å². The van der Waals surface area contributed by atoms with Gasteiger partial charge in [-0.2, -0.15) is 4.31 Å². The number of thiazole rings is 1. The zero-order chi connectivity index (χ0) is 21.5. The lowest BCUT2D eigenvalue weighted by molar-refractivity contribution is -0.0440. The van der Waals surface area contributed by atoms with E-state index >= 15 is 0 Å². The van der Waals surface area contributed by atoms with Crippen LogP contribution in [0.5, 0.6) is 0 Å². The number of rotatable bonds is 4. The van der Waals surface area contributed by atoms with E-state index in [9.17, 15) is 13.2 Å². The van der Waals surface area contributed by atoms with Crippen LogP contribution in [0.25, 0.3) is 0 Å². The molecule has 10 heteroatoms. The van der Waals surface area contributed by atoms with E-state index in [1.165, 1.54) is 27.8 Å². The van der Waals surface area contributed by atoms with E-state index in [1.54, 1.807) is 12.1 Å². The number of nitrogens with zero attached hydrogens (tertiary/aromatic N) is 3. The highest BCUT2D eigenvalue weighted by Gasteiger charge is 2.32. The topological polar surface area (TPSA) is 91.8 Å². The number of aromatic nitrogens is 1. The molecule has 1 aromatic carbocycles. The zero-order valence-electron chi connectivity index (χ0n) is 17.3. The summed E-state index contributed by atoms with van der Waals surface area (Å²) in [6, 6.07) is 6.16. The lowest BCUT2D eigenvalue weighted by atomic mass is 10.2. The maximum absolute atomic E-state index is 13.1. The average Bonchev–Trinajstić information content (AvgIpc) is 3.08. The first-order valence-corrected chi connectivity index (χ1v) is 12.2. The molecule has 1 fully saturated rings. The summed E-state index contributed by atoms with van der Waals surface area (Å²) in [6.07, 6.45) is 0.512. The van der Waals surface area contributed by atoms with Gasteiger partial charge in [-0.1, -0.05) is 6.07 Å². The van der Waals surface area contributed by atoms with Crippen LogP contribution in [-0.4, -0.2) is 67.4 Å². The van der Waals surface area contributed by atoms with Crippen LogP contribution in [0.2, 0.25) is 0 Å². The Kier molecular flexibility index (Phi) is 5.95. The van der Waals surface area contributed by atoms with E-state index < -0.39 is 10.0 Å². The first kappa shape index (κ1) is 21.4. The van der Waals surface area contributed by atoms with Gasteiger partial charge in [0, 0.05) is 43.0 Å². The summed E-state index contributed by atoms with van der Waals surface area (Å²) in [4.78, 5) is 20.8. The largest absolute Gasteiger partial charge is 0.373 e. The standard InChI is InChI=1S/C20H26N4O4S2/c1-13-10-24(11-14(2)28-13)30(26,27)16-6-4-5-15(9-16)19(25)22-20-21-17-7-8-23(3)12-18(17)29-20/h4-6,9,13-14H,7-8,10-12H2,1-3H3,(H,21,22,25)/t13-,14+. The van der Waals surface area contributed by atoms with E-state index in [0.717, 1.165) is 30.1 Å². The number of benzene rings is 1. The van der Waals surface area contributed by atoms with Crippen molar-refractivity contribution in [3.8, 4) is 0 Å². The third-order valence-corrected chi connectivity index (χ3v) is 8.09. The number of likely N-dealkylation sites (N-methyl/N-ethyl adjacent to an activating group) is 1. The van der Waals surface area contributed by atoms with Crippen LogP contribution < -0.4 is 5.32 Å². The number of nitrogens with one attached hydrogen (secondary N) is 1. The average molecular weight is 451 g/mol. The van der Waals surface area contributed by atoms with Crippen LogP contribution in [0.1, 0.15) is 34.8 Å². The highest BCUT2D eigenvalue weighted by atomic mass is 32.2. The number of sulfonamides is 1. The van der Waals surface area contributed by atoms with Crippen molar-refractivity contribution < 1.29 is 17.9 Å². The van der Waals surface area contributed by atoms with Crippen LogP contribution >= 0.6 is 11.3 Å². The van der Waals surface area contributed by atoms with Crippen molar-refractivity contribution in [1.82, 2.24) is 14.2 Å². The first-order valence-electron chi connectivity index (χ1n) is 9.96. The number of fused-ring (bicyclic) bond motifs is 1. The fourth-order valence-corrected chi connectivity index (χ4v) is 6.54. The van der Waals surface area contributed by atoms with Crippen molar-refractivity contribution in [3.63, 3.8) is 0 Å². The molecule has 1 saturated heterocycles. The predicted molar refractivity (Wildman–Crippen MR) is 115 cm³/mol. The van der Waals surface area contributed by atoms with Gasteiger partial charge in [0.1, 0.15) is 0 Å². The second-order valence-corrected chi connectivity index (χ2v) is 11.0. The highest BCUT2D eigenvalue weighted by molar-refractivity contribution is 7.89. The van der Waals surface area contributed by atoms with E-state index in [0.29, 0.717) is 18.2 Å². The third-order valence-electron chi connectivity index (χ3n) is 5.26. The lowest BCUT2D eigenvalue weighted by Crippen LogP contribution is -2.48. The Morgan fingerprint density at radius 2 is 2.00 bits per heavy atom. The molecule has 0 unspecified atom stereocenters. The fourth-order valence-electron chi connectivity index (χ4n) is 3.82. The highest BCUT2D eigenvalue weighted by Crippen LogP contribution is 2.28. The van der Waals surface area contributed by atoms with Crippen molar-refractivity contribution >= 4 is 32.4 Å². The maximum atomic E-state index is 13.1. The number of carbonyl (C=O) groups excluding carboxylic acids is 1. The molecule has 0 bridgehead atoms. The number of carbonyl (C=O) groups is 1. The summed E-state index contributed by atoms with van der Waals surface area (Å²) in [6.45, 7) is 6.07. The Bertz CT molecular complexity index is 1040. The van der Waals surface area contributed by atoms with Crippen molar-refractivity contribution in [1.29, 1.82) is 0 Å². The van der Waals surface area contributed by atoms with E-state index in [4.69, 9.17) is 4.74 Å². The molecule has 0 radical (unpaired) electrons. The monoisotopic (exact) mass is 450 g/mol. The number of hydrogen-bond acceptors (Lipinski definition) is 7. The molecule has 2 aliphatic heterocycles. The molecule has 8 nitrogen and oxygen atoms in total. The number of hydrogen-bond donors (Lipinski definition) is 1. The minimum Gasteiger partial charge on any atom is -0.373 e. The Balaban J connectivity index is 1.52. The number of amides is 1. The second-order valence-electron chi connectivity index (χ2n) is 7.94. The molecule has 162 valence electrons. The van der Waals surface area contributed by atoms with Gasteiger partial charge < -0.3 is 9.64 Å². The minimum atomic E-state index is -3.71. The maximum Gasteiger partial charge on any atom is 0.257 e. The fraction of sp³-hybridized carbons (Fsp3) is 0.500. The minimum absolute atomic E-state index is 0.108. The molecular formula is C20H26N4O4S2. The zero-order valence-corrected chi connectivity index (χ0v) is 18.9. The molecule has 1 aromatic heterocycles. The van der Waals surface area contributed by atoms with Gasteiger partial charge >= 0.3 is 0 Å². The van der Waals surface area contributed by atoms with E-state index in [2.05, 4.69) is 22.2 Å². The second kappa shape index (κ2) is 8.35. The van der Waals surface area contributed by atoms with Gasteiger partial charge in [0.05, 0.1) is 22.8 Å². The Labute approximate surface area is 180 Å². The van der Waals surface area contributed by atoms with Gasteiger partial charge in [-0.05, 0) is 39.1 Å². The Morgan fingerprint density at radius 3 is 2.73 bits per heavy atom. The molecule has 0 saturated carbocycles. The Hall–Kier alpha value is -1.85. The summed E-state index contributed by atoms with van der Waals surface area (Å²) in [7, 11) is -1.65. The predicted octanol–water partition coefficient (Wildman–Crippen LogP) is 2.18. The SMILES string of the molecule is C[C@@H]1CN(S(=O)(=O)c2cccc(C(=O)Nc3nc4c(s3)CN(C)CC4)c2)C[C@H](C)O1. The van der Waals surface area contributed by atoms with Gasteiger partial charge in [0.15, 0.2) is 5.13 Å². The number of ether oxygens (including phenoxy) is 1. The summed E-state index contributed by atoms with van der Waals surface area (Å²) in [5, 5.41) is 3.37. The first-order chi connectivity index (χ1) is 14.2. The molecule has 0 spiro atoms. The van der Waals surface area contributed by atoms with Gasteiger partial charge in [-0.3, -0.25) is 10.1 Å². The lowest BCUT2D eigenvalue weighted by Gasteiger charge is -2.34. The molecule has 1 amide bonds. The number of anilines is 1. The molecule has 2 atom stereocenters. The molecule has 0 aliphatic carbocycles. The van der Waals surface area contributed by atoms with E-state index in [-0.39, 0.29) is 28.6 Å². The quantitative estimate of drug-likeness (QED) is 0.768. The summed E-state index contributed by atoms with van der Waals surface area (Å²) in [5.74, 6) is -0.366. The van der Waals surface area contributed by atoms with Crippen LogP contribution in [0.4, 0.5) is 5.13 Å². The van der Waals surface area contributed by atoms with Gasteiger partial charge in [-0.25, -0.2) is 13.4 Å². The van der Waals surface area contributed by atoms with Crippen LogP contribution in [0.15, 0.2) is 29.2 Å². The van der Waals surface area contributed by atoms with Gasteiger partial charge in [0.25, 0.3) is 5.91 Å². The number of morpholine rings is 1. The molecule has 1 N–H and O–H groups in total. The summed E-state index contributed by atoms with van der Waals surface area (Å²) < 4.78 is 33.3. The Morgan fingerprint density at radius 1 is 1.27 bits per heavy atom. The van der Waals surface area contributed by atoms with E-state index in [1.807, 2.05) is 13.8 Å². The molecule has 2 aromatic rings. The van der Waals surface area contributed by atoms with Crippen molar-refractivity contribution in [2.75, 3.05) is 32.0 Å². The van der Waals surface area contributed by atoms with Crippen molar-refractivity contribution in [2.45, 2.75) is 43.9 Å². The van der Waals surface area contributed by atoms with Crippen LogP contribution in [0.3, 0.4) is 0 Å². The molecule has 4 rings (SSSR count). The molecule has 30 heavy (non-hydrogen) atoms. The summed E-state index contributed by atoms with van der Waals surface area (Å²) in [5.41, 5.74) is 1.32. The van der Waals surface area contributed by atoms with Gasteiger partial charge in [0.2, 0.25) is 10.0 Å². The van der Waals surface area contributed by atoms with Crippen molar-refractivity contribution in [2.24, 2.45) is 0 Å².